The van der Waals surface area contributed by atoms with Gasteiger partial charge in [-0.3, -0.25) is 4.90 Å². The van der Waals surface area contributed by atoms with E-state index in [-0.39, 0.29) is 22.4 Å². The molecule has 1 aliphatic carbocycles. The summed E-state index contributed by atoms with van der Waals surface area (Å²) >= 11 is 0. The minimum atomic E-state index is -3.47. The van der Waals surface area contributed by atoms with Gasteiger partial charge >= 0.3 is 6.03 Å². The van der Waals surface area contributed by atoms with Crippen molar-refractivity contribution in [2.45, 2.75) is 42.5 Å². The Balaban J connectivity index is 1.50. The van der Waals surface area contributed by atoms with Gasteiger partial charge in [0.2, 0.25) is 10.0 Å². The van der Waals surface area contributed by atoms with Crippen LogP contribution in [0.25, 0.3) is 0 Å². The quantitative estimate of drug-likeness (QED) is 0.828. The minimum Gasteiger partial charge on any atom is -0.331 e. The molecular formula is C21H25N3O3S. The predicted octanol–water partition coefficient (Wildman–Crippen LogP) is 3.31. The van der Waals surface area contributed by atoms with E-state index in [1.54, 1.807) is 24.3 Å². The molecule has 2 aromatic carbocycles. The highest BCUT2D eigenvalue weighted by atomic mass is 32.2. The minimum absolute atomic E-state index is 0.115. The molecular weight excluding hydrogens is 374 g/mol. The van der Waals surface area contributed by atoms with Crippen LogP contribution < -0.4 is 14.9 Å². The maximum Gasteiger partial charge on any atom is 0.322 e. The molecule has 1 aliphatic heterocycles. The van der Waals surface area contributed by atoms with Gasteiger partial charge in [0.05, 0.1) is 10.9 Å². The molecule has 4 rings (SSSR count). The molecule has 2 N–H and O–H groups in total. The average Bonchev–Trinajstić information content (AvgIpc) is 3.04. The molecule has 0 unspecified atom stereocenters. The number of sulfonamides is 1. The molecule has 0 bridgehead atoms. The molecule has 148 valence electrons. The number of nitrogens with zero attached hydrogens (tertiary/aromatic N) is 1. The van der Waals surface area contributed by atoms with Crippen molar-refractivity contribution in [2.75, 3.05) is 18.5 Å². The van der Waals surface area contributed by atoms with E-state index in [0.717, 1.165) is 30.6 Å². The monoisotopic (exact) mass is 399 g/mol. The number of rotatable bonds is 4. The molecule has 2 aliphatic rings. The first-order chi connectivity index (χ1) is 13.4. The molecule has 7 heteroatoms. The van der Waals surface area contributed by atoms with Gasteiger partial charge in [0.15, 0.2) is 0 Å². The number of nitrogens with one attached hydrogen (secondary N) is 2. The van der Waals surface area contributed by atoms with Gasteiger partial charge in [0.1, 0.15) is 0 Å². The summed E-state index contributed by atoms with van der Waals surface area (Å²) in [5, 5.41) is 3.06. The van der Waals surface area contributed by atoms with E-state index in [0.29, 0.717) is 0 Å². The number of amides is 2. The van der Waals surface area contributed by atoms with Crippen LogP contribution in [0.4, 0.5) is 10.5 Å². The third-order valence-corrected chi connectivity index (χ3v) is 7.51. The number of hydrogen-bond acceptors (Lipinski definition) is 3. The molecule has 1 atom stereocenters. The summed E-state index contributed by atoms with van der Waals surface area (Å²) in [5.74, 6) is 0. The van der Waals surface area contributed by atoms with Crippen molar-refractivity contribution in [1.82, 2.24) is 10.0 Å². The molecule has 28 heavy (non-hydrogen) atoms. The summed E-state index contributed by atoms with van der Waals surface area (Å²) in [6.45, 7) is 2.63. The summed E-state index contributed by atoms with van der Waals surface area (Å²) < 4.78 is 26.0. The first kappa shape index (κ1) is 19.0. The molecule has 1 heterocycles. The zero-order valence-corrected chi connectivity index (χ0v) is 16.9. The molecule has 0 aromatic heterocycles. The van der Waals surface area contributed by atoms with Crippen molar-refractivity contribution in [1.29, 1.82) is 0 Å². The van der Waals surface area contributed by atoms with E-state index in [1.165, 1.54) is 19.0 Å². The summed E-state index contributed by atoms with van der Waals surface area (Å²) in [6, 6.07) is 14.4. The number of anilines is 1. The normalized spacial score (nSPS) is 18.4. The second-order valence-electron chi connectivity index (χ2n) is 7.68. The van der Waals surface area contributed by atoms with Crippen LogP contribution in [0.1, 0.15) is 43.4 Å². The lowest BCUT2D eigenvalue weighted by molar-refractivity contribution is 0.233. The highest BCUT2D eigenvalue weighted by Gasteiger charge is 2.48. The van der Waals surface area contributed by atoms with Crippen LogP contribution >= 0.6 is 0 Å². The predicted molar refractivity (Wildman–Crippen MR) is 109 cm³/mol. The SMILES string of the molecule is CNS(=O)(=O)c1ccc([C@H](C)NC(=O)N2CC3(CCC3)c3ccccc32)cc1. The smallest absolute Gasteiger partial charge is 0.322 e. The maximum absolute atomic E-state index is 13.0. The summed E-state index contributed by atoms with van der Waals surface area (Å²) in [5.41, 5.74) is 3.27. The van der Waals surface area contributed by atoms with Crippen LogP contribution in [-0.4, -0.2) is 28.0 Å². The van der Waals surface area contributed by atoms with Crippen molar-refractivity contribution in [3.05, 3.63) is 59.7 Å². The van der Waals surface area contributed by atoms with Gasteiger partial charge in [-0.25, -0.2) is 17.9 Å². The van der Waals surface area contributed by atoms with Gasteiger partial charge in [-0.05, 0) is 56.1 Å². The number of carbonyl (C=O) groups excluding carboxylic acids is 1. The summed E-state index contributed by atoms with van der Waals surface area (Å²) in [4.78, 5) is 15.1. The van der Waals surface area contributed by atoms with Crippen molar-refractivity contribution in [3.8, 4) is 0 Å². The number of benzene rings is 2. The zero-order valence-electron chi connectivity index (χ0n) is 16.1. The molecule has 0 saturated heterocycles. The lowest BCUT2D eigenvalue weighted by atomic mass is 9.66. The van der Waals surface area contributed by atoms with Gasteiger partial charge in [-0.2, -0.15) is 0 Å². The topological polar surface area (TPSA) is 78.5 Å². The fourth-order valence-corrected chi connectivity index (χ4v) is 4.97. The van der Waals surface area contributed by atoms with Crippen LogP contribution in [0.5, 0.6) is 0 Å². The Kier molecular flexibility index (Phi) is 4.67. The standard InChI is InChI=1S/C21H25N3O3S/c1-15(16-8-10-17(11-9-16)28(26,27)22-2)23-20(25)24-14-21(12-5-13-21)18-6-3-4-7-19(18)24/h3-4,6-11,15,22H,5,12-14H2,1-2H3,(H,23,25)/t15-/m0/s1. The first-order valence-electron chi connectivity index (χ1n) is 9.57. The van der Waals surface area contributed by atoms with Gasteiger partial charge < -0.3 is 5.32 Å². The third kappa shape index (κ3) is 3.08. The lowest BCUT2D eigenvalue weighted by Crippen LogP contribution is -2.45. The maximum atomic E-state index is 13.0. The molecule has 1 fully saturated rings. The zero-order chi connectivity index (χ0) is 19.9. The van der Waals surface area contributed by atoms with Crippen LogP contribution in [0, 0.1) is 0 Å². The second kappa shape index (κ2) is 6.90. The number of fused-ring (bicyclic) bond motifs is 2. The molecule has 2 amide bonds. The van der Waals surface area contributed by atoms with E-state index < -0.39 is 10.0 Å². The summed E-state index contributed by atoms with van der Waals surface area (Å²) in [6.07, 6.45) is 3.47. The number of hydrogen-bond donors (Lipinski definition) is 2. The molecule has 6 nitrogen and oxygen atoms in total. The van der Waals surface area contributed by atoms with Crippen molar-refractivity contribution >= 4 is 21.7 Å². The molecule has 2 aromatic rings. The molecule has 0 radical (unpaired) electrons. The van der Waals surface area contributed by atoms with Crippen molar-refractivity contribution < 1.29 is 13.2 Å². The van der Waals surface area contributed by atoms with Crippen molar-refractivity contribution in [3.63, 3.8) is 0 Å². The van der Waals surface area contributed by atoms with Gasteiger partial charge in [0.25, 0.3) is 0 Å². The van der Waals surface area contributed by atoms with E-state index in [9.17, 15) is 13.2 Å². The van der Waals surface area contributed by atoms with Crippen LogP contribution in [0.3, 0.4) is 0 Å². The first-order valence-corrected chi connectivity index (χ1v) is 11.1. The Labute approximate surface area is 166 Å². The number of urea groups is 1. The summed E-state index contributed by atoms with van der Waals surface area (Å²) in [7, 11) is -2.08. The Bertz CT molecular complexity index is 998. The highest BCUT2D eigenvalue weighted by Crippen LogP contribution is 2.52. The van der Waals surface area contributed by atoms with Crippen LogP contribution in [-0.2, 0) is 15.4 Å². The molecule has 1 spiro atoms. The fourth-order valence-electron chi connectivity index (χ4n) is 4.24. The van der Waals surface area contributed by atoms with Gasteiger partial charge in [-0.15, -0.1) is 0 Å². The largest absolute Gasteiger partial charge is 0.331 e. The Morgan fingerprint density at radius 3 is 2.39 bits per heavy atom. The van der Waals surface area contributed by atoms with Crippen LogP contribution in [0.2, 0.25) is 0 Å². The fraction of sp³-hybridized carbons (Fsp3) is 0.381. The van der Waals surface area contributed by atoms with E-state index in [2.05, 4.69) is 16.1 Å². The van der Waals surface area contributed by atoms with E-state index in [1.807, 2.05) is 30.0 Å². The average molecular weight is 400 g/mol. The Morgan fingerprint density at radius 2 is 1.79 bits per heavy atom. The van der Waals surface area contributed by atoms with Crippen LogP contribution in [0.15, 0.2) is 53.4 Å². The molecule has 1 saturated carbocycles. The number of carbonyl (C=O) groups is 1. The van der Waals surface area contributed by atoms with E-state index >= 15 is 0 Å². The Hall–Kier alpha value is -2.38. The Morgan fingerprint density at radius 1 is 1.11 bits per heavy atom. The number of para-hydroxylation sites is 1. The highest BCUT2D eigenvalue weighted by molar-refractivity contribution is 7.89. The lowest BCUT2D eigenvalue weighted by Gasteiger charge is -2.39. The van der Waals surface area contributed by atoms with E-state index in [4.69, 9.17) is 0 Å². The van der Waals surface area contributed by atoms with Gasteiger partial charge in [0, 0.05) is 17.6 Å². The van der Waals surface area contributed by atoms with Crippen molar-refractivity contribution in [2.24, 2.45) is 0 Å². The van der Waals surface area contributed by atoms with Gasteiger partial charge in [-0.1, -0.05) is 36.8 Å². The third-order valence-electron chi connectivity index (χ3n) is 6.08. The second-order valence-corrected chi connectivity index (χ2v) is 9.57.